The standard InChI is InChI=1S/C17H16ClN5O/c1-10-5-3-6-12(9-10)23-16(19)15(21-22-23)17(24)20-14-8-4-7-13(18)11(14)2/h3-9H,19H2,1-2H3,(H,20,24). The fourth-order valence-electron chi connectivity index (χ4n) is 2.33. The van der Waals surface area contributed by atoms with Crippen LogP contribution in [0.4, 0.5) is 11.5 Å². The van der Waals surface area contributed by atoms with Crippen LogP contribution in [-0.4, -0.2) is 20.9 Å². The Morgan fingerprint density at radius 1 is 1.21 bits per heavy atom. The number of nitrogens with two attached hydrogens (primary N) is 1. The Morgan fingerprint density at radius 3 is 2.71 bits per heavy atom. The van der Waals surface area contributed by atoms with Gasteiger partial charge in [0.05, 0.1) is 5.69 Å². The highest BCUT2D eigenvalue weighted by Gasteiger charge is 2.19. The lowest BCUT2D eigenvalue weighted by Crippen LogP contribution is -2.15. The Morgan fingerprint density at radius 2 is 1.96 bits per heavy atom. The van der Waals surface area contributed by atoms with Crippen LogP contribution >= 0.6 is 11.6 Å². The lowest BCUT2D eigenvalue weighted by atomic mass is 10.2. The van der Waals surface area contributed by atoms with E-state index in [0.717, 1.165) is 16.8 Å². The SMILES string of the molecule is Cc1cccc(-n2nnc(C(=O)Nc3cccc(Cl)c3C)c2N)c1. The van der Waals surface area contributed by atoms with E-state index in [1.807, 2.05) is 38.1 Å². The summed E-state index contributed by atoms with van der Waals surface area (Å²) >= 11 is 6.07. The zero-order valence-electron chi connectivity index (χ0n) is 13.2. The molecule has 3 rings (SSSR count). The first-order valence-electron chi connectivity index (χ1n) is 7.32. The lowest BCUT2D eigenvalue weighted by Gasteiger charge is -2.08. The molecule has 24 heavy (non-hydrogen) atoms. The molecule has 3 aromatic rings. The van der Waals surface area contributed by atoms with E-state index in [1.54, 1.807) is 18.2 Å². The Balaban J connectivity index is 1.90. The van der Waals surface area contributed by atoms with Crippen LogP contribution in [0.5, 0.6) is 0 Å². The topological polar surface area (TPSA) is 85.8 Å². The van der Waals surface area contributed by atoms with Crippen LogP contribution in [0.15, 0.2) is 42.5 Å². The van der Waals surface area contributed by atoms with E-state index in [9.17, 15) is 4.79 Å². The minimum Gasteiger partial charge on any atom is -0.382 e. The Kier molecular flexibility index (Phi) is 4.22. The quantitative estimate of drug-likeness (QED) is 0.764. The summed E-state index contributed by atoms with van der Waals surface area (Å²) in [7, 11) is 0. The third-order valence-electron chi connectivity index (χ3n) is 3.68. The second-order valence-corrected chi connectivity index (χ2v) is 5.85. The number of nitrogens with one attached hydrogen (secondary N) is 1. The minimum absolute atomic E-state index is 0.0656. The predicted molar refractivity (Wildman–Crippen MR) is 94.7 cm³/mol. The molecule has 0 aliphatic rings. The van der Waals surface area contributed by atoms with Crippen molar-refractivity contribution in [2.24, 2.45) is 0 Å². The number of aromatic nitrogens is 3. The highest BCUT2D eigenvalue weighted by molar-refractivity contribution is 6.31. The summed E-state index contributed by atoms with van der Waals surface area (Å²) in [4.78, 5) is 12.5. The number of aryl methyl sites for hydroxylation is 1. The first-order chi connectivity index (χ1) is 11.5. The first-order valence-corrected chi connectivity index (χ1v) is 7.70. The van der Waals surface area contributed by atoms with Gasteiger partial charge in [-0.05, 0) is 49.2 Å². The summed E-state index contributed by atoms with van der Waals surface area (Å²) in [5.74, 6) is -0.255. The van der Waals surface area contributed by atoms with E-state index in [4.69, 9.17) is 17.3 Å². The molecule has 1 amide bonds. The van der Waals surface area contributed by atoms with Gasteiger partial charge in [0.1, 0.15) is 0 Å². The average molecular weight is 342 g/mol. The summed E-state index contributed by atoms with van der Waals surface area (Å²) in [5.41, 5.74) is 9.31. The number of anilines is 2. The molecule has 0 aliphatic heterocycles. The number of halogens is 1. The smallest absolute Gasteiger partial charge is 0.280 e. The van der Waals surface area contributed by atoms with E-state index in [2.05, 4.69) is 15.6 Å². The van der Waals surface area contributed by atoms with Gasteiger partial charge < -0.3 is 11.1 Å². The number of nitrogen functional groups attached to an aromatic ring is 1. The molecular weight excluding hydrogens is 326 g/mol. The number of amides is 1. The summed E-state index contributed by atoms with van der Waals surface area (Å²) in [6, 6.07) is 12.9. The number of rotatable bonds is 3. The number of hydrogen-bond donors (Lipinski definition) is 2. The molecule has 122 valence electrons. The molecule has 1 aromatic heterocycles. The Bertz CT molecular complexity index is 919. The van der Waals surface area contributed by atoms with Crippen LogP contribution in [0.25, 0.3) is 5.69 Å². The molecule has 0 aliphatic carbocycles. The molecule has 2 aromatic carbocycles. The maximum atomic E-state index is 12.5. The van der Waals surface area contributed by atoms with Crippen LogP contribution in [-0.2, 0) is 0 Å². The van der Waals surface area contributed by atoms with E-state index in [1.165, 1.54) is 4.68 Å². The number of carbonyl (C=O) groups excluding carboxylic acids is 1. The Hall–Kier alpha value is -2.86. The van der Waals surface area contributed by atoms with Crippen LogP contribution in [0, 0.1) is 13.8 Å². The molecule has 0 unspecified atom stereocenters. The van der Waals surface area contributed by atoms with Gasteiger partial charge in [-0.1, -0.05) is 35.0 Å². The second-order valence-electron chi connectivity index (χ2n) is 5.44. The molecule has 0 bridgehead atoms. The van der Waals surface area contributed by atoms with Crippen molar-refractivity contribution < 1.29 is 4.79 Å². The minimum atomic E-state index is -0.434. The van der Waals surface area contributed by atoms with E-state index < -0.39 is 5.91 Å². The Labute approximate surface area is 144 Å². The van der Waals surface area contributed by atoms with Gasteiger partial charge in [0.15, 0.2) is 11.5 Å². The summed E-state index contributed by atoms with van der Waals surface area (Å²) < 4.78 is 1.44. The average Bonchev–Trinajstić information content (AvgIpc) is 2.93. The van der Waals surface area contributed by atoms with Gasteiger partial charge in [0.2, 0.25) is 0 Å². The molecule has 7 heteroatoms. The summed E-state index contributed by atoms with van der Waals surface area (Å²) in [5, 5.41) is 11.2. The van der Waals surface area contributed by atoms with Gasteiger partial charge in [-0.2, -0.15) is 4.68 Å². The van der Waals surface area contributed by atoms with Gasteiger partial charge in [-0.15, -0.1) is 5.10 Å². The van der Waals surface area contributed by atoms with E-state index in [-0.39, 0.29) is 11.5 Å². The maximum absolute atomic E-state index is 12.5. The number of hydrogen-bond acceptors (Lipinski definition) is 4. The van der Waals surface area contributed by atoms with Crippen LogP contribution in [0.2, 0.25) is 5.02 Å². The van der Waals surface area contributed by atoms with Crippen LogP contribution in [0.3, 0.4) is 0 Å². The molecule has 0 atom stereocenters. The molecule has 6 nitrogen and oxygen atoms in total. The highest BCUT2D eigenvalue weighted by Crippen LogP contribution is 2.24. The molecule has 0 saturated carbocycles. The molecule has 0 spiro atoms. The summed E-state index contributed by atoms with van der Waals surface area (Å²) in [6.45, 7) is 3.79. The molecular formula is C17H16ClN5O. The zero-order chi connectivity index (χ0) is 17.3. The third kappa shape index (κ3) is 2.96. The van der Waals surface area contributed by atoms with Crippen molar-refractivity contribution in [3.05, 3.63) is 64.3 Å². The maximum Gasteiger partial charge on any atom is 0.280 e. The van der Waals surface area contributed by atoms with E-state index >= 15 is 0 Å². The van der Waals surface area contributed by atoms with Crippen molar-refractivity contribution in [1.29, 1.82) is 0 Å². The third-order valence-corrected chi connectivity index (χ3v) is 4.09. The number of benzene rings is 2. The van der Waals surface area contributed by atoms with Crippen molar-refractivity contribution in [3.8, 4) is 5.69 Å². The number of nitrogens with zero attached hydrogens (tertiary/aromatic N) is 3. The molecule has 0 radical (unpaired) electrons. The van der Waals surface area contributed by atoms with E-state index in [0.29, 0.717) is 10.7 Å². The fourth-order valence-corrected chi connectivity index (χ4v) is 2.50. The number of carbonyl (C=O) groups is 1. The van der Waals surface area contributed by atoms with Gasteiger partial charge >= 0.3 is 0 Å². The van der Waals surface area contributed by atoms with Gasteiger partial charge in [0.25, 0.3) is 5.91 Å². The van der Waals surface area contributed by atoms with Crippen molar-refractivity contribution in [3.63, 3.8) is 0 Å². The fraction of sp³-hybridized carbons (Fsp3) is 0.118. The summed E-state index contributed by atoms with van der Waals surface area (Å²) in [6.07, 6.45) is 0. The predicted octanol–water partition coefficient (Wildman–Crippen LogP) is 3.37. The molecule has 0 fully saturated rings. The van der Waals surface area contributed by atoms with Crippen molar-refractivity contribution in [2.45, 2.75) is 13.8 Å². The lowest BCUT2D eigenvalue weighted by molar-refractivity contribution is 0.102. The molecule has 3 N–H and O–H groups in total. The molecule has 1 heterocycles. The van der Waals surface area contributed by atoms with Gasteiger partial charge in [-0.25, -0.2) is 0 Å². The van der Waals surface area contributed by atoms with Crippen molar-refractivity contribution >= 4 is 29.0 Å². The van der Waals surface area contributed by atoms with Crippen molar-refractivity contribution in [1.82, 2.24) is 15.0 Å². The van der Waals surface area contributed by atoms with Crippen LogP contribution < -0.4 is 11.1 Å². The normalized spacial score (nSPS) is 10.6. The van der Waals surface area contributed by atoms with Crippen molar-refractivity contribution in [2.75, 3.05) is 11.1 Å². The van der Waals surface area contributed by atoms with Gasteiger partial charge in [0, 0.05) is 10.7 Å². The molecule has 0 saturated heterocycles. The zero-order valence-corrected chi connectivity index (χ0v) is 14.0. The first kappa shape index (κ1) is 16.0. The van der Waals surface area contributed by atoms with Crippen LogP contribution in [0.1, 0.15) is 21.6 Å². The largest absolute Gasteiger partial charge is 0.382 e. The highest BCUT2D eigenvalue weighted by atomic mass is 35.5. The monoisotopic (exact) mass is 341 g/mol. The van der Waals surface area contributed by atoms with Gasteiger partial charge in [-0.3, -0.25) is 4.79 Å². The second kappa shape index (κ2) is 6.33.